The van der Waals surface area contributed by atoms with Crippen LogP contribution in [0.5, 0.6) is 0 Å². The van der Waals surface area contributed by atoms with Crippen LogP contribution in [0.15, 0.2) is 42.5 Å². The Hall–Kier alpha value is -2.20. The summed E-state index contributed by atoms with van der Waals surface area (Å²) in [7, 11) is 0. The molecule has 1 aliphatic heterocycles. The Kier molecular flexibility index (Phi) is 3.01. The summed E-state index contributed by atoms with van der Waals surface area (Å²) in [5.74, 6) is -0.326. The molecule has 1 N–H and O–H groups in total. The zero-order valence-electron chi connectivity index (χ0n) is 10.4. The number of nitrogens with zero attached hydrogens (tertiary/aromatic N) is 1. The third kappa shape index (κ3) is 2.22. The van der Waals surface area contributed by atoms with Gasteiger partial charge in [-0.1, -0.05) is 42.5 Å². The smallest absolute Gasteiger partial charge is 0.243 e. The molecular formula is C15H14N2O2. The molecule has 1 aliphatic rings. The quantitative estimate of drug-likeness (QED) is 0.822. The third-order valence-corrected chi connectivity index (χ3v) is 3.36. The van der Waals surface area contributed by atoms with Gasteiger partial charge in [0.1, 0.15) is 0 Å². The first kappa shape index (κ1) is 11.9. The van der Waals surface area contributed by atoms with Crippen LogP contribution in [0.1, 0.15) is 5.56 Å². The maximum Gasteiger partial charge on any atom is 0.243 e. The van der Waals surface area contributed by atoms with Crippen LogP contribution in [0.3, 0.4) is 0 Å². The number of piperazine rings is 1. The number of benzene rings is 2. The van der Waals surface area contributed by atoms with E-state index in [0.717, 1.165) is 16.3 Å². The van der Waals surface area contributed by atoms with Crippen LogP contribution in [-0.4, -0.2) is 29.8 Å². The van der Waals surface area contributed by atoms with Crippen LogP contribution in [0.4, 0.5) is 0 Å². The van der Waals surface area contributed by atoms with Crippen LogP contribution < -0.4 is 5.32 Å². The molecule has 0 saturated carbocycles. The van der Waals surface area contributed by atoms with Crippen molar-refractivity contribution in [1.29, 1.82) is 0 Å². The van der Waals surface area contributed by atoms with Crippen LogP contribution in [0.25, 0.3) is 10.8 Å². The molecular weight excluding hydrogens is 240 g/mol. The largest absolute Gasteiger partial charge is 0.300 e. The van der Waals surface area contributed by atoms with Gasteiger partial charge in [0.15, 0.2) is 0 Å². The van der Waals surface area contributed by atoms with Gasteiger partial charge in [-0.05, 0) is 16.3 Å². The molecule has 0 aliphatic carbocycles. The molecule has 4 nitrogen and oxygen atoms in total. The minimum atomic E-state index is -0.163. The van der Waals surface area contributed by atoms with Gasteiger partial charge in [-0.2, -0.15) is 0 Å². The zero-order chi connectivity index (χ0) is 13.2. The van der Waals surface area contributed by atoms with Crippen LogP contribution in [-0.2, 0) is 16.1 Å². The van der Waals surface area contributed by atoms with Crippen molar-refractivity contribution in [3.63, 3.8) is 0 Å². The van der Waals surface area contributed by atoms with Gasteiger partial charge in [0.25, 0.3) is 0 Å². The summed E-state index contributed by atoms with van der Waals surface area (Å²) in [5, 5.41) is 5.00. The van der Waals surface area contributed by atoms with Crippen LogP contribution in [0.2, 0.25) is 0 Å². The van der Waals surface area contributed by atoms with E-state index in [9.17, 15) is 9.59 Å². The third-order valence-electron chi connectivity index (χ3n) is 3.36. The van der Waals surface area contributed by atoms with Crippen molar-refractivity contribution < 1.29 is 9.59 Å². The molecule has 2 aromatic carbocycles. The van der Waals surface area contributed by atoms with Gasteiger partial charge in [0.05, 0.1) is 19.6 Å². The lowest BCUT2D eigenvalue weighted by Crippen LogP contribution is -2.51. The van der Waals surface area contributed by atoms with Gasteiger partial charge < -0.3 is 0 Å². The molecule has 2 aromatic rings. The van der Waals surface area contributed by atoms with E-state index in [4.69, 9.17) is 0 Å². The molecule has 3 rings (SSSR count). The van der Waals surface area contributed by atoms with Crippen LogP contribution >= 0.6 is 0 Å². The Morgan fingerprint density at radius 2 is 1.63 bits per heavy atom. The Morgan fingerprint density at radius 1 is 0.947 bits per heavy atom. The molecule has 4 heteroatoms. The van der Waals surface area contributed by atoms with E-state index in [1.165, 1.54) is 4.90 Å². The summed E-state index contributed by atoms with van der Waals surface area (Å²) in [4.78, 5) is 24.9. The van der Waals surface area contributed by atoms with E-state index in [-0.39, 0.29) is 24.9 Å². The first-order chi connectivity index (χ1) is 9.25. The lowest BCUT2D eigenvalue weighted by molar-refractivity contribution is -0.147. The van der Waals surface area contributed by atoms with E-state index in [1.807, 2.05) is 42.5 Å². The fraction of sp³-hybridized carbons (Fsp3) is 0.200. The Balaban J connectivity index is 1.97. The number of fused-ring (bicyclic) bond motifs is 1. The molecule has 0 unspecified atom stereocenters. The fourth-order valence-electron chi connectivity index (χ4n) is 2.38. The second-order valence-corrected chi connectivity index (χ2v) is 4.62. The minimum Gasteiger partial charge on any atom is -0.300 e. The van der Waals surface area contributed by atoms with Crippen molar-refractivity contribution in [3.8, 4) is 0 Å². The molecule has 0 spiro atoms. The number of hydrogen-bond acceptors (Lipinski definition) is 3. The van der Waals surface area contributed by atoms with Gasteiger partial charge in [-0.3, -0.25) is 19.8 Å². The lowest BCUT2D eigenvalue weighted by atomic mass is 10.0. The highest BCUT2D eigenvalue weighted by molar-refractivity contribution is 5.99. The molecule has 0 atom stereocenters. The lowest BCUT2D eigenvalue weighted by Gasteiger charge is -2.26. The standard InChI is InChI=1S/C15H14N2O2/c18-14-8-16-9-15(19)17(14)10-12-6-3-5-11-4-1-2-7-13(11)12/h1-7,16H,8-10H2. The summed E-state index contributed by atoms with van der Waals surface area (Å²) in [5.41, 5.74) is 1.00. The first-order valence-corrected chi connectivity index (χ1v) is 6.26. The number of hydrogen-bond donors (Lipinski definition) is 1. The van der Waals surface area contributed by atoms with E-state index in [0.29, 0.717) is 6.54 Å². The summed E-state index contributed by atoms with van der Waals surface area (Å²) >= 11 is 0. The average molecular weight is 254 g/mol. The van der Waals surface area contributed by atoms with Crippen molar-refractivity contribution in [3.05, 3.63) is 48.0 Å². The SMILES string of the molecule is O=C1CNCC(=O)N1Cc1cccc2ccccc12. The van der Waals surface area contributed by atoms with E-state index in [1.54, 1.807) is 0 Å². The Bertz CT molecular complexity index is 630. The summed E-state index contributed by atoms with van der Waals surface area (Å²) in [6.07, 6.45) is 0. The molecule has 96 valence electrons. The summed E-state index contributed by atoms with van der Waals surface area (Å²) in [6, 6.07) is 13.9. The number of rotatable bonds is 2. The fourth-order valence-corrected chi connectivity index (χ4v) is 2.38. The highest BCUT2D eigenvalue weighted by Crippen LogP contribution is 2.20. The monoisotopic (exact) mass is 254 g/mol. The molecule has 2 amide bonds. The molecule has 1 fully saturated rings. The van der Waals surface area contributed by atoms with Gasteiger partial charge in [-0.25, -0.2) is 0 Å². The van der Waals surface area contributed by atoms with Gasteiger partial charge >= 0.3 is 0 Å². The van der Waals surface area contributed by atoms with Gasteiger partial charge in [-0.15, -0.1) is 0 Å². The number of carbonyl (C=O) groups excluding carboxylic acids is 2. The van der Waals surface area contributed by atoms with Crippen molar-refractivity contribution in [2.24, 2.45) is 0 Å². The molecule has 19 heavy (non-hydrogen) atoms. The number of imide groups is 1. The predicted molar refractivity (Wildman–Crippen MR) is 72.4 cm³/mol. The number of nitrogens with one attached hydrogen (secondary N) is 1. The maximum atomic E-state index is 11.8. The summed E-state index contributed by atoms with van der Waals surface area (Å²) in [6.45, 7) is 0.813. The predicted octanol–water partition coefficient (Wildman–Crippen LogP) is 1.30. The van der Waals surface area contributed by atoms with Gasteiger partial charge in [0, 0.05) is 0 Å². The number of carbonyl (C=O) groups is 2. The average Bonchev–Trinajstić information content (AvgIpc) is 2.43. The molecule has 1 heterocycles. The van der Waals surface area contributed by atoms with Crippen molar-refractivity contribution >= 4 is 22.6 Å². The normalized spacial score (nSPS) is 16.1. The number of amides is 2. The van der Waals surface area contributed by atoms with Crippen LogP contribution in [0, 0.1) is 0 Å². The zero-order valence-corrected chi connectivity index (χ0v) is 10.4. The first-order valence-electron chi connectivity index (χ1n) is 6.26. The highest BCUT2D eigenvalue weighted by atomic mass is 16.2. The van der Waals surface area contributed by atoms with Crippen molar-refractivity contribution in [2.75, 3.05) is 13.1 Å². The maximum absolute atomic E-state index is 11.8. The Morgan fingerprint density at radius 3 is 2.42 bits per heavy atom. The summed E-state index contributed by atoms with van der Waals surface area (Å²) < 4.78 is 0. The van der Waals surface area contributed by atoms with Gasteiger partial charge in [0.2, 0.25) is 11.8 Å². The minimum absolute atomic E-state index is 0.163. The molecule has 0 bridgehead atoms. The van der Waals surface area contributed by atoms with E-state index < -0.39 is 0 Å². The molecule has 0 aromatic heterocycles. The topological polar surface area (TPSA) is 49.4 Å². The second-order valence-electron chi connectivity index (χ2n) is 4.62. The van der Waals surface area contributed by atoms with Crippen molar-refractivity contribution in [1.82, 2.24) is 10.2 Å². The van der Waals surface area contributed by atoms with Crippen molar-refractivity contribution in [2.45, 2.75) is 6.54 Å². The van der Waals surface area contributed by atoms with E-state index in [2.05, 4.69) is 5.32 Å². The van der Waals surface area contributed by atoms with E-state index >= 15 is 0 Å². The Labute approximate surface area is 111 Å². The second kappa shape index (κ2) is 4.82. The highest BCUT2D eigenvalue weighted by Gasteiger charge is 2.25. The molecule has 0 radical (unpaired) electrons. The molecule has 1 saturated heterocycles.